The molecule has 2 heteroatoms. The normalized spacial score (nSPS) is 11.0. The fourth-order valence-electron chi connectivity index (χ4n) is 0.310. The van der Waals surface area contributed by atoms with Crippen LogP contribution in [0.1, 0.15) is 13.8 Å². The number of amidine groups is 1. The molecule has 0 atom stereocenters. The lowest BCUT2D eigenvalue weighted by Crippen LogP contribution is -1.88. The van der Waals surface area contributed by atoms with Crippen molar-refractivity contribution >= 4 is 11.5 Å². The minimum atomic E-state index is 0.322. The van der Waals surface area contributed by atoms with Crippen molar-refractivity contribution in [2.75, 3.05) is 0 Å². The summed E-state index contributed by atoms with van der Waals surface area (Å²) in [5, 5.41) is 6.89. The lowest BCUT2D eigenvalue weighted by molar-refractivity contribution is 1.41. The Morgan fingerprint density at radius 3 is 2.25 bits per heavy atom. The summed E-state index contributed by atoms with van der Waals surface area (Å²) in [7, 11) is 0. The van der Waals surface area contributed by atoms with Crippen LogP contribution in [0.5, 0.6) is 0 Å². The SMILES string of the molecule is C=CC(C)=NC(C)=N. The van der Waals surface area contributed by atoms with E-state index in [0.29, 0.717) is 5.84 Å². The Kier molecular flexibility index (Phi) is 2.77. The summed E-state index contributed by atoms with van der Waals surface area (Å²) in [6.45, 7) is 6.93. The van der Waals surface area contributed by atoms with Gasteiger partial charge < -0.3 is 0 Å². The van der Waals surface area contributed by atoms with E-state index in [9.17, 15) is 0 Å². The molecule has 0 aromatic rings. The van der Waals surface area contributed by atoms with Crippen LogP contribution in [0.4, 0.5) is 0 Å². The first kappa shape index (κ1) is 7.08. The van der Waals surface area contributed by atoms with Crippen LogP contribution in [0.3, 0.4) is 0 Å². The molecule has 2 nitrogen and oxygen atoms in total. The molecule has 8 heavy (non-hydrogen) atoms. The van der Waals surface area contributed by atoms with E-state index < -0.39 is 0 Å². The maximum atomic E-state index is 6.89. The van der Waals surface area contributed by atoms with Gasteiger partial charge in [-0.05, 0) is 19.9 Å². The van der Waals surface area contributed by atoms with Crippen molar-refractivity contribution in [1.82, 2.24) is 0 Å². The summed E-state index contributed by atoms with van der Waals surface area (Å²) in [4.78, 5) is 3.78. The van der Waals surface area contributed by atoms with Gasteiger partial charge in [0.15, 0.2) is 0 Å². The zero-order chi connectivity index (χ0) is 6.57. The summed E-state index contributed by atoms with van der Waals surface area (Å²) in [6.07, 6.45) is 1.62. The van der Waals surface area contributed by atoms with E-state index in [1.165, 1.54) is 0 Å². The van der Waals surface area contributed by atoms with Gasteiger partial charge in [-0.25, -0.2) is 4.99 Å². The number of hydrogen-bond donors (Lipinski definition) is 1. The van der Waals surface area contributed by atoms with Gasteiger partial charge in [0.25, 0.3) is 0 Å². The Bertz CT molecular complexity index is 133. The highest BCUT2D eigenvalue weighted by Crippen LogP contribution is 1.78. The second-order valence-electron chi connectivity index (χ2n) is 1.54. The van der Waals surface area contributed by atoms with Gasteiger partial charge in [0, 0.05) is 5.71 Å². The van der Waals surface area contributed by atoms with Gasteiger partial charge in [0.1, 0.15) is 5.84 Å². The molecule has 0 aliphatic heterocycles. The van der Waals surface area contributed by atoms with Gasteiger partial charge in [0.2, 0.25) is 0 Å². The summed E-state index contributed by atoms with van der Waals surface area (Å²) in [6, 6.07) is 0. The van der Waals surface area contributed by atoms with Crippen LogP contribution in [0, 0.1) is 5.41 Å². The lowest BCUT2D eigenvalue weighted by Gasteiger charge is -1.86. The van der Waals surface area contributed by atoms with E-state index in [1.807, 2.05) is 6.92 Å². The van der Waals surface area contributed by atoms with Crippen LogP contribution in [0.15, 0.2) is 17.6 Å². The van der Waals surface area contributed by atoms with Gasteiger partial charge in [-0.1, -0.05) is 6.58 Å². The third-order valence-electron chi connectivity index (χ3n) is 0.639. The summed E-state index contributed by atoms with van der Waals surface area (Å²) < 4.78 is 0. The topological polar surface area (TPSA) is 36.2 Å². The molecule has 0 fully saturated rings. The molecule has 0 amide bonds. The number of hydrogen-bond acceptors (Lipinski definition) is 1. The van der Waals surface area contributed by atoms with Gasteiger partial charge >= 0.3 is 0 Å². The molecular formula is C6H10N2. The molecule has 0 heterocycles. The zero-order valence-corrected chi connectivity index (χ0v) is 5.23. The first-order valence-corrected chi connectivity index (χ1v) is 2.39. The lowest BCUT2D eigenvalue weighted by atomic mass is 10.4. The van der Waals surface area contributed by atoms with Gasteiger partial charge in [-0.2, -0.15) is 0 Å². The second-order valence-corrected chi connectivity index (χ2v) is 1.54. The highest BCUT2D eigenvalue weighted by atomic mass is 14.8. The highest BCUT2D eigenvalue weighted by Gasteiger charge is 1.79. The largest absolute Gasteiger partial charge is 0.287 e. The van der Waals surface area contributed by atoms with Crippen LogP contribution in [0.2, 0.25) is 0 Å². The Morgan fingerprint density at radius 2 is 2.12 bits per heavy atom. The van der Waals surface area contributed by atoms with Crippen molar-refractivity contribution in [2.45, 2.75) is 13.8 Å². The number of nitrogens with zero attached hydrogens (tertiary/aromatic N) is 1. The number of aliphatic imine (C=N–C) groups is 1. The van der Waals surface area contributed by atoms with Crippen LogP contribution in [-0.2, 0) is 0 Å². The molecule has 0 saturated carbocycles. The van der Waals surface area contributed by atoms with E-state index in [0.717, 1.165) is 5.71 Å². The average molecular weight is 110 g/mol. The minimum Gasteiger partial charge on any atom is -0.287 e. The molecule has 0 rings (SSSR count). The molecule has 0 bridgehead atoms. The minimum absolute atomic E-state index is 0.322. The fraction of sp³-hybridized carbons (Fsp3) is 0.333. The quantitative estimate of drug-likeness (QED) is 0.393. The average Bonchev–Trinajstić information content (AvgIpc) is 1.65. The molecular weight excluding hydrogens is 100 g/mol. The molecule has 0 unspecified atom stereocenters. The van der Waals surface area contributed by atoms with E-state index in [4.69, 9.17) is 5.41 Å². The molecule has 0 radical (unpaired) electrons. The highest BCUT2D eigenvalue weighted by molar-refractivity contribution is 6.00. The standard InChI is InChI=1S/C6H10N2/c1-4-5(2)8-6(3)7/h4,7H,1H2,2-3H3. The van der Waals surface area contributed by atoms with Crippen molar-refractivity contribution in [2.24, 2.45) is 4.99 Å². The smallest absolute Gasteiger partial charge is 0.117 e. The van der Waals surface area contributed by atoms with Crippen LogP contribution < -0.4 is 0 Å². The first-order chi connectivity index (χ1) is 3.66. The number of nitrogens with one attached hydrogen (secondary N) is 1. The van der Waals surface area contributed by atoms with Crippen LogP contribution >= 0.6 is 0 Å². The summed E-state index contributed by atoms with van der Waals surface area (Å²) >= 11 is 0. The summed E-state index contributed by atoms with van der Waals surface area (Å²) in [5.74, 6) is 0.322. The molecule has 0 saturated heterocycles. The maximum absolute atomic E-state index is 6.89. The molecule has 0 aromatic heterocycles. The van der Waals surface area contributed by atoms with Crippen LogP contribution in [-0.4, -0.2) is 11.5 Å². The van der Waals surface area contributed by atoms with E-state index in [2.05, 4.69) is 11.6 Å². The molecule has 0 aromatic carbocycles. The van der Waals surface area contributed by atoms with Crippen LogP contribution in [0.25, 0.3) is 0 Å². The van der Waals surface area contributed by atoms with Crippen molar-refractivity contribution in [1.29, 1.82) is 5.41 Å². The van der Waals surface area contributed by atoms with Gasteiger partial charge in [0.05, 0.1) is 0 Å². The zero-order valence-electron chi connectivity index (χ0n) is 5.23. The van der Waals surface area contributed by atoms with E-state index in [-0.39, 0.29) is 0 Å². The Balaban J connectivity index is 3.94. The van der Waals surface area contributed by atoms with Gasteiger partial charge in [-0.15, -0.1) is 0 Å². The Morgan fingerprint density at radius 1 is 1.62 bits per heavy atom. The van der Waals surface area contributed by atoms with Crippen molar-refractivity contribution in [3.8, 4) is 0 Å². The number of allylic oxidation sites excluding steroid dienone is 1. The van der Waals surface area contributed by atoms with Crippen molar-refractivity contribution < 1.29 is 0 Å². The Hall–Kier alpha value is -0.920. The van der Waals surface area contributed by atoms with E-state index >= 15 is 0 Å². The molecule has 44 valence electrons. The maximum Gasteiger partial charge on any atom is 0.117 e. The first-order valence-electron chi connectivity index (χ1n) is 2.39. The second kappa shape index (κ2) is 3.13. The fourth-order valence-corrected chi connectivity index (χ4v) is 0.310. The summed E-state index contributed by atoms with van der Waals surface area (Å²) in [5.41, 5.74) is 0.789. The van der Waals surface area contributed by atoms with Gasteiger partial charge in [-0.3, -0.25) is 5.41 Å². The van der Waals surface area contributed by atoms with Crippen molar-refractivity contribution in [3.63, 3.8) is 0 Å². The predicted molar refractivity (Wildman–Crippen MR) is 36.7 cm³/mol. The van der Waals surface area contributed by atoms with Crippen molar-refractivity contribution in [3.05, 3.63) is 12.7 Å². The number of rotatable bonds is 1. The monoisotopic (exact) mass is 110 g/mol. The third-order valence-corrected chi connectivity index (χ3v) is 0.639. The third kappa shape index (κ3) is 3.28. The molecule has 1 N–H and O–H groups in total. The molecule has 0 aliphatic carbocycles. The predicted octanol–water partition coefficient (Wildman–Crippen LogP) is 1.63. The molecule has 0 spiro atoms. The Labute approximate surface area is 49.5 Å². The molecule has 0 aliphatic rings. The van der Waals surface area contributed by atoms with E-state index in [1.54, 1.807) is 13.0 Å².